The van der Waals surface area contributed by atoms with Crippen molar-refractivity contribution in [2.75, 3.05) is 19.5 Å². The van der Waals surface area contributed by atoms with Crippen LogP contribution in [0.2, 0.25) is 5.02 Å². The fourth-order valence-corrected chi connectivity index (χ4v) is 3.74. The third kappa shape index (κ3) is 5.41. The molecular weight excluding hydrogens is 470 g/mol. The van der Waals surface area contributed by atoms with E-state index in [1.807, 2.05) is 48.9 Å². The molecule has 4 rings (SSSR count). The minimum atomic E-state index is -0.337. The predicted molar refractivity (Wildman–Crippen MR) is 133 cm³/mol. The van der Waals surface area contributed by atoms with Crippen LogP contribution in [0.1, 0.15) is 27.4 Å². The molecule has 0 spiro atoms. The molecule has 0 unspecified atom stereocenters. The summed E-state index contributed by atoms with van der Waals surface area (Å²) in [4.78, 5) is 12.9. The van der Waals surface area contributed by atoms with Gasteiger partial charge in [0.2, 0.25) is 5.75 Å². The zero-order valence-electron chi connectivity index (χ0n) is 19.9. The first-order valence-corrected chi connectivity index (χ1v) is 11.2. The number of ether oxygens (including phenoxy) is 3. The van der Waals surface area contributed by atoms with Crippen molar-refractivity contribution in [1.29, 1.82) is 0 Å². The summed E-state index contributed by atoms with van der Waals surface area (Å²) in [6.45, 7) is 4.41. The molecule has 1 N–H and O–H groups in total. The third-order valence-electron chi connectivity index (χ3n) is 5.46. The van der Waals surface area contributed by atoms with Gasteiger partial charge < -0.3 is 19.5 Å². The van der Waals surface area contributed by atoms with E-state index in [1.165, 1.54) is 4.68 Å². The number of amides is 1. The lowest BCUT2D eigenvalue weighted by Gasteiger charge is -2.13. The van der Waals surface area contributed by atoms with E-state index in [2.05, 4.69) is 15.5 Å². The van der Waals surface area contributed by atoms with E-state index in [4.69, 9.17) is 25.8 Å². The number of rotatable bonds is 9. The van der Waals surface area contributed by atoms with Crippen LogP contribution in [0.15, 0.2) is 54.7 Å². The second kappa shape index (κ2) is 10.5. The number of halogens is 1. The lowest BCUT2D eigenvalue weighted by Crippen LogP contribution is -2.15. The number of aryl methyl sites for hydroxylation is 1. The van der Waals surface area contributed by atoms with Gasteiger partial charge in [-0.2, -0.15) is 10.2 Å². The van der Waals surface area contributed by atoms with Crippen LogP contribution >= 0.6 is 11.6 Å². The first kappa shape index (κ1) is 24.2. The van der Waals surface area contributed by atoms with Crippen LogP contribution in [0.5, 0.6) is 17.2 Å². The monoisotopic (exact) mass is 495 g/mol. The van der Waals surface area contributed by atoms with Crippen molar-refractivity contribution >= 4 is 23.2 Å². The molecule has 1 amide bonds. The largest absolute Gasteiger partial charge is 0.493 e. The highest BCUT2D eigenvalue weighted by atomic mass is 35.5. The molecule has 0 aliphatic carbocycles. The molecule has 4 aromatic rings. The summed E-state index contributed by atoms with van der Waals surface area (Å²) in [5, 5.41) is 12.5. The van der Waals surface area contributed by atoms with Crippen LogP contribution in [0.4, 0.5) is 5.69 Å². The number of para-hydroxylation sites is 1. The van der Waals surface area contributed by atoms with E-state index in [1.54, 1.807) is 38.6 Å². The molecule has 35 heavy (non-hydrogen) atoms. The quantitative estimate of drug-likeness (QED) is 0.361. The summed E-state index contributed by atoms with van der Waals surface area (Å²) in [5.74, 6) is 1.20. The standard InChI is InChI=1S/C25H26ClN5O4/c1-16-23(17(2)31(28-16)14-18-8-10-19(26)11-9-18)27-25(32)20-12-13-30(29-20)15-35-24-21(33-3)6-5-7-22(24)34-4/h5-13H,14-15H2,1-4H3,(H,27,32). The second-order valence-corrected chi connectivity index (χ2v) is 8.23. The van der Waals surface area contributed by atoms with Gasteiger partial charge in [0.05, 0.1) is 37.8 Å². The van der Waals surface area contributed by atoms with Gasteiger partial charge in [-0.15, -0.1) is 0 Å². The number of carbonyl (C=O) groups is 1. The van der Waals surface area contributed by atoms with Crippen molar-refractivity contribution < 1.29 is 19.0 Å². The van der Waals surface area contributed by atoms with E-state index in [-0.39, 0.29) is 18.3 Å². The minimum Gasteiger partial charge on any atom is -0.493 e. The highest BCUT2D eigenvalue weighted by molar-refractivity contribution is 6.30. The molecule has 0 saturated heterocycles. The fraction of sp³-hybridized carbons (Fsp3) is 0.240. The van der Waals surface area contributed by atoms with E-state index in [0.717, 1.165) is 17.0 Å². The number of aromatic nitrogens is 4. The average Bonchev–Trinajstić information content (AvgIpc) is 3.44. The summed E-state index contributed by atoms with van der Waals surface area (Å²) in [5.41, 5.74) is 3.54. The molecule has 0 atom stereocenters. The van der Waals surface area contributed by atoms with E-state index >= 15 is 0 Å². The molecule has 0 bridgehead atoms. The molecule has 0 aliphatic rings. The summed E-state index contributed by atoms with van der Waals surface area (Å²) in [6, 6.07) is 14.6. The topological polar surface area (TPSA) is 92.4 Å². The van der Waals surface area contributed by atoms with Gasteiger partial charge >= 0.3 is 0 Å². The fourth-order valence-electron chi connectivity index (χ4n) is 3.62. The number of hydrogen-bond donors (Lipinski definition) is 1. The Hall–Kier alpha value is -3.98. The lowest BCUT2D eigenvalue weighted by atomic mass is 10.2. The maximum Gasteiger partial charge on any atom is 0.276 e. The number of carbonyl (C=O) groups excluding carboxylic acids is 1. The van der Waals surface area contributed by atoms with Gasteiger partial charge in [-0.3, -0.25) is 9.48 Å². The van der Waals surface area contributed by atoms with Crippen LogP contribution in [0, 0.1) is 13.8 Å². The predicted octanol–water partition coefficient (Wildman–Crippen LogP) is 4.70. The number of benzene rings is 2. The average molecular weight is 496 g/mol. The molecule has 0 radical (unpaired) electrons. The van der Waals surface area contributed by atoms with Crippen LogP contribution in [-0.4, -0.2) is 39.7 Å². The van der Waals surface area contributed by atoms with Crippen LogP contribution in [-0.2, 0) is 13.3 Å². The van der Waals surface area contributed by atoms with Crippen LogP contribution in [0.25, 0.3) is 0 Å². The number of anilines is 1. The summed E-state index contributed by atoms with van der Waals surface area (Å²) >= 11 is 5.97. The number of methoxy groups -OCH3 is 2. The van der Waals surface area contributed by atoms with Crippen LogP contribution in [0.3, 0.4) is 0 Å². The van der Waals surface area contributed by atoms with Crippen molar-refractivity contribution in [2.45, 2.75) is 27.1 Å². The first-order chi connectivity index (χ1) is 16.9. The Morgan fingerprint density at radius 3 is 2.34 bits per heavy atom. The van der Waals surface area contributed by atoms with Crippen molar-refractivity contribution in [1.82, 2.24) is 19.6 Å². The lowest BCUT2D eigenvalue weighted by molar-refractivity contribution is 0.102. The molecule has 182 valence electrons. The zero-order valence-corrected chi connectivity index (χ0v) is 20.7. The molecule has 9 nitrogen and oxygen atoms in total. The first-order valence-electron chi connectivity index (χ1n) is 10.9. The van der Waals surface area contributed by atoms with Gasteiger partial charge in [0.1, 0.15) is 0 Å². The van der Waals surface area contributed by atoms with Crippen molar-refractivity contribution in [2.24, 2.45) is 0 Å². The summed E-state index contributed by atoms with van der Waals surface area (Å²) in [6.07, 6.45) is 1.67. The third-order valence-corrected chi connectivity index (χ3v) is 5.71. The van der Waals surface area contributed by atoms with Gasteiger partial charge in [0, 0.05) is 11.2 Å². The second-order valence-electron chi connectivity index (χ2n) is 7.79. The Bertz CT molecular complexity index is 1310. The SMILES string of the molecule is COc1cccc(OC)c1OCn1ccc(C(=O)Nc2c(C)nn(Cc3ccc(Cl)cc3)c2C)n1. The molecule has 2 aromatic heterocycles. The number of nitrogens with one attached hydrogen (secondary N) is 1. The maximum absolute atomic E-state index is 12.9. The maximum atomic E-state index is 12.9. The molecule has 0 fully saturated rings. The Kier molecular flexibility index (Phi) is 7.26. The van der Waals surface area contributed by atoms with Gasteiger partial charge in [0.25, 0.3) is 5.91 Å². The Labute approximate surface area is 208 Å². The number of hydrogen-bond acceptors (Lipinski definition) is 6. The minimum absolute atomic E-state index is 0.0705. The van der Waals surface area contributed by atoms with E-state index in [0.29, 0.717) is 34.5 Å². The molecule has 2 aromatic carbocycles. The van der Waals surface area contributed by atoms with Gasteiger partial charge in [-0.05, 0) is 49.7 Å². The van der Waals surface area contributed by atoms with Gasteiger partial charge in [-0.1, -0.05) is 29.8 Å². The Morgan fingerprint density at radius 1 is 1.00 bits per heavy atom. The highest BCUT2D eigenvalue weighted by Crippen LogP contribution is 2.36. The summed E-state index contributed by atoms with van der Waals surface area (Å²) in [7, 11) is 3.11. The molecule has 0 aliphatic heterocycles. The molecule has 10 heteroatoms. The molecular formula is C25H26ClN5O4. The van der Waals surface area contributed by atoms with Crippen molar-refractivity contribution in [3.8, 4) is 17.2 Å². The number of nitrogens with zero attached hydrogens (tertiary/aromatic N) is 4. The van der Waals surface area contributed by atoms with E-state index in [9.17, 15) is 4.79 Å². The van der Waals surface area contributed by atoms with Gasteiger partial charge in [0.15, 0.2) is 23.9 Å². The van der Waals surface area contributed by atoms with Crippen molar-refractivity contribution in [3.63, 3.8) is 0 Å². The molecule has 2 heterocycles. The van der Waals surface area contributed by atoms with E-state index < -0.39 is 0 Å². The summed E-state index contributed by atoms with van der Waals surface area (Å²) < 4.78 is 19.9. The Balaban J connectivity index is 1.43. The smallest absolute Gasteiger partial charge is 0.276 e. The van der Waals surface area contributed by atoms with Crippen molar-refractivity contribution in [3.05, 3.63) is 82.4 Å². The van der Waals surface area contributed by atoms with Gasteiger partial charge in [-0.25, -0.2) is 4.68 Å². The van der Waals surface area contributed by atoms with Crippen LogP contribution < -0.4 is 19.5 Å². The molecule has 0 saturated carbocycles. The zero-order chi connectivity index (χ0) is 24.9. The normalized spacial score (nSPS) is 10.8. The highest BCUT2D eigenvalue weighted by Gasteiger charge is 2.18. The Morgan fingerprint density at radius 2 is 1.69 bits per heavy atom.